The molecule has 4 aromatic carbocycles. The lowest BCUT2D eigenvalue weighted by atomic mass is 10.1. The van der Waals surface area contributed by atoms with Crippen LogP contribution in [0.15, 0.2) is 77.3 Å². The van der Waals surface area contributed by atoms with Crippen molar-refractivity contribution in [2.45, 2.75) is 21.8 Å². The lowest BCUT2D eigenvalue weighted by Gasteiger charge is -2.06. The molecule has 2 nitrogen and oxygen atoms in total. The van der Waals surface area contributed by atoms with Gasteiger partial charge in [-0.3, -0.25) is 0 Å². The Morgan fingerprint density at radius 2 is 1.00 bits per heavy atom. The summed E-state index contributed by atoms with van der Waals surface area (Å²) in [6, 6.07) is 24.8. The number of hydrogen-bond donors (Lipinski definition) is 0. The molecule has 0 fully saturated rings. The second-order valence-electron chi connectivity index (χ2n) is 6.00. The third kappa shape index (κ3) is 5.26. The molecule has 0 radical (unpaired) electrons. The van der Waals surface area contributed by atoms with Crippen LogP contribution in [0.2, 0.25) is 0 Å². The standard InChI is InChI=1S/C12H12O.C11H9BrO.2CH4/c1-9-7-10-5-3-4-6-11(10)8-12(9)13-2;1-13-11-7-9-5-3-2-4-8(9)6-10(11)12;;/h3-8H,1-2H3;2-7H,1H3;2*1H4. The van der Waals surface area contributed by atoms with Gasteiger partial charge in [0, 0.05) is 0 Å². The van der Waals surface area contributed by atoms with Gasteiger partial charge in [-0.25, -0.2) is 0 Å². The van der Waals surface area contributed by atoms with Crippen molar-refractivity contribution < 1.29 is 9.47 Å². The van der Waals surface area contributed by atoms with Crippen LogP contribution in [0, 0.1) is 6.92 Å². The number of aryl methyl sites for hydroxylation is 1. The van der Waals surface area contributed by atoms with Gasteiger partial charge in [0.15, 0.2) is 0 Å². The molecule has 0 bridgehead atoms. The number of hydrogen-bond acceptors (Lipinski definition) is 2. The number of benzene rings is 4. The van der Waals surface area contributed by atoms with E-state index in [1.54, 1.807) is 14.2 Å². The van der Waals surface area contributed by atoms with E-state index in [0.717, 1.165) is 16.0 Å². The van der Waals surface area contributed by atoms with Gasteiger partial charge in [0.1, 0.15) is 11.5 Å². The summed E-state index contributed by atoms with van der Waals surface area (Å²) < 4.78 is 11.5. The molecular weight excluding hydrogens is 412 g/mol. The molecule has 28 heavy (non-hydrogen) atoms. The minimum Gasteiger partial charge on any atom is -0.496 e. The molecule has 0 saturated carbocycles. The highest BCUT2D eigenvalue weighted by molar-refractivity contribution is 9.10. The molecule has 0 aromatic heterocycles. The maximum Gasteiger partial charge on any atom is 0.133 e. The first-order valence-corrected chi connectivity index (χ1v) is 9.17. The summed E-state index contributed by atoms with van der Waals surface area (Å²) in [7, 11) is 3.38. The second-order valence-corrected chi connectivity index (χ2v) is 6.86. The van der Waals surface area contributed by atoms with E-state index in [4.69, 9.17) is 9.47 Å². The highest BCUT2D eigenvalue weighted by Crippen LogP contribution is 2.29. The zero-order chi connectivity index (χ0) is 18.5. The fraction of sp³-hybridized carbons (Fsp3) is 0.200. The van der Waals surface area contributed by atoms with E-state index in [-0.39, 0.29) is 14.9 Å². The van der Waals surface area contributed by atoms with Crippen molar-refractivity contribution in [3.8, 4) is 11.5 Å². The summed E-state index contributed by atoms with van der Waals surface area (Å²) >= 11 is 3.45. The molecule has 0 unspecified atom stereocenters. The maximum absolute atomic E-state index is 5.25. The molecule has 0 atom stereocenters. The Labute approximate surface area is 177 Å². The van der Waals surface area contributed by atoms with Crippen molar-refractivity contribution >= 4 is 37.5 Å². The quantitative estimate of drug-likeness (QED) is 0.313. The van der Waals surface area contributed by atoms with Crippen molar-refractivity contribution in [1.82, 2.24) is 0 Å². The van der Waals surface area contributed by atoms with Gasteiger partial charge in [-0.05, 0) is 74.2 Å². The summed E-state index contributed by atoms with van der Waals surface area (Å²) in [6.07, 6.45) is 0. The van der Waals surface area contributed by atoms with Crippen LogP contribution in [0.5, 0.6) is 11.5 Å². The number of rotatable bonds is 2. The summed E-state index contributed by atoms with van der Waals surface area (Å²) in [5.74, 6) is 1.83. The number of halogens is 1. The fourth-order valence-electron chi connectivity index (χ4n) is 2.90. The molecule has 4 rings (SSSR count). The van der Waals surface area contributed by atoms with Crippen LogP contribution >= 0.6 is 15.9 Å². The lowest BCUT2D eigenvalue weighted by Crippen LogP contribution is -1.86. The van der Waals surface area contributed by atoms with Gasteiger partial charge in [-0.2, -0.15) is 0 Å². The van der Waals surface area contributed by atoms with Crippen molar-refractivity contribution in [2.75, 3.05) is 14.2 Å². The van der Waals surface area contributed by atoms with E-state index >= 15 is 0 Å². The summed E-state index contributed by atoms with van der Waals surface area (Å²) in [5, 5.41) is 4.91. The van der Waals surface area contributed by atoms with Gasteiger partial charge in [-0.15, -0.1) is 0 Å². The SMILES string of the molecule is C.C.COc1cc2ccccc2cc1Br.COc1cc2ccccc2cc1C. The highest BCUT2D eigenvalue weighted by atomic mass is 79.9. The van der Waals surface area contributed by atoms with Crippen LogP contribution in [0.1, 0.15) is 20.4 Å². The Morgan fingerprint density at radius 3 is 1.46 bits per heavy atom. The average Bonchev–Trinajstić information content (AvgIpc) is 2.67. The van der Waals surface area contributed by atoms with Crippen molar-refractivity contribution in [1.29, 1.82) is 0 Å². The molecule has 0 N–H and O–H groups in total. The van der Waals surface area contributed by atoms with E-state index in [1.807, 2.05) is 30.3 Å². The molecule has 0 amide bonds. The van der Waals surface area contributed by atoms with Gasteiger partial charge in [0.05, 0.1) is 18.7 Å². The van der Waals surface area contributed by atoms with Crippen LogP contribution in [-0.2, 0) is 0 Å². The molecule has 0 saturated heterocycles. The van der Waals surface area contributed by atoms with Crippen LogP contribution in [0.4, 0.5) is 0 Å². The predicted octanol–water partition coefficient (Wildman–Crippen LogP) is 8.04. The Bertz CT molecular complexity index is 956. The number of fused-ring (bicyclic) bond motifs is 2. The lowest BCUT2D eigenvalue weighted by molar-refractivity contribution is 0.412. The zero-order valence-electron chi connectivity index (χ0n) is 15.1. The molecule has 0 aliphatic carbocycles. The van der Waals surface area contributed by atoms with Crippen LogP contribution in [0.3, 0.4) is 0 Å². The van der Waals surface area contributed by atoms with Gasteiger partial charge in [0.25, 0.3) is 0 Å². The summed E-state index contributed by atoms with van der Waals surface area (Å²) in [6.45, 7) is 2.06. The molecule has 0 heterocycles. The average molecular weight is 441 g/mol. The Hall–Kier alpha value is -2.52. The summed E-state index contributed by atoms with van der Waals surface area (Å²) in [4.78, 5) is 0. The zero-order valence-corrected chi connectivity index (χ0v) is 16.7. The van der Waals surface area contributed by atoms with E-state index < -0.39 is 0 Å². The van der Waals surface area contributed by atoms with E-state index in [2.05, 4.69) is 65.3 Å². The predicted molar refractivity (Wildman–Crippen MR) is 127 cm³/mol. The van der Waals surface area contributed by atoms with Crippen molar-refractivity contribution in [3.63, 3.8) is 0 Å². The third-order valence-corrected chi connectivity index (χ3v) is 4.90. The normalized spacial score (nSPS) is 9.57. The van der Waals surface area contributed by atoms with Gasteiger partial charge < -0.3 is 9.47 Å². The number of methoxy groups -OCH3 is 2. The first-order valence-electron chi connectivity index (χ1n) is 8.38. The Kier molecular flexibility index (Phi) is 9.01. The van der Waals surface area contributed by atoms with Crippen molar-refractivity contribution in [2.24, 2.45) is 0 Å². The smallest absolute Gasteiger partial charge is 0.133 e. The first kappa shape index (κ1) is 23.5. The number of ether oxygens (including phenoxy) is 2. The molecule has 0 spiro atoms. The molecule has 0 aliphatic rings. The monoisotopic (exact) mass is 440 g/mol. The van der Waals surface area contributed by atoms with Crippen LogP contribution < -0.4 is 9.47 Å². The highest BCUT2D eigenvalue weighted by Gasteiger charge is 2.01. The van der Waals surface area contributed by atoms with Gasteiger partial charge in [0.2, 0.25) is 0 Å². The van der Waals surface area contributed by atoms with Gasteiger partial charge in [-0.1, -0.05) is 63.4 Å². The fourth-order valence-corrected chi connectivity index (χ4v) is 3.42. The van der Waals surface area contributed by atoms with E-state index in [1.165, 1.54) is 27.1 Å². The molecule has 0 aliphatic heterocycles. The second kappa shape index (κ2) is 10.7. The minimum atomic E-state index is 0. The van der Waals surface area contributed by atoms with Crippen LogP contribution in [0.25, 0.3) is 21.5 Å². The van der Waals surface area contributed by atoms with Crippen molar-refractivity contribution in [3.05, 3.63) is 82.8 Å². The summed E-state index contributed by atoms with van der Waals surface area (Å²) in [5.41, 5.74) is 1.18. The van der Waals surface area contributed by atoms with E-state index in [0.29, 0.717) is 0 Å². The maximum atomic E-state index is 5.25. The molecule has 3 heteroatoms. The Balaban J connectivity index is 0.000000261. The minimum absolute atomic E-state index is 0. The first-order chi connectivity index (χ1) is 12.6. The van der Waals surface area contributed by atoms with Crippen LogP contribution in [-0.4, -0.2) is 14.2 Å². The molecule has 4 aromatic rings. The third-order valence-electron chi connectivity index (χ3n) is 4.28. The largest absolute Gasteiger partial charge is 0.496 e. The van der Waals surface area contributed by atoms with E-state index in [9.17, 15) is 0 Å². The molecular formula is C25H29BrO2. The topological polar surface area (TPSA) is 18.5 Å². The van der Waals surface area contributed by atoms with Gasteiger partial charge >= 0.3 is 0 Å². The molecule has 148 valence electrons. The Morgan fingerprint density at radius 1 is 0.607 bits per heavy atom.